The molecule has 6 heteroatoms. The van der Waals surface area contributed by atoms with Crippen LogP contribution in [0.15, 0.2) is 24.4 Å². The van der Waals surface area contributed by atoms with Gasteiger partial charge in [0, 0.05) is 17.8 Å². The molecule has 0 saturated carbocycles. The number of anilines is 1. The summed E-state index contributed by atoms with van der Waals surface area (Å²) >= 11 is 0. The number of carbonyl (C=O) groups is 1. The zero-order valence-electron chi connectivity index (χ0n) is 12.5. The van der Waals surface area contributed by atoms with Crippen molar-refractivity contribution in [2.24, 2.45) is 0 Å². The van der Waals surface area contributed by atoms with Crippen LogP contribution in [0.3, 0.4) is 0 Å². The molecule has 6 nitrogen and oxygen atoms in total. The number of nitrogens with zero attached hydrogens (tertiary/aromatic N) is 3. The first-order valence-corrected chi connectivity index (χ1v) is 7.00. The Morgan fingerprint density at radius 3 is 2.90 bits per heavy atom. The molecule has 1 aliphatic heterocycles. The smallest absolute Gasteiger partial charge is 0.251 e. The normalized spacial score (nSPS) is 14.0. The lowest BCUT2D eigenvalue weighted by Crippen LogP contribution is -2.22. The zero-order valence-corrected chi connectivity index (χ0v) is 12.5. The molecule has 0 saturated heterocycles. The van der Waals surface area contributed by atoms with Crippen molar-refractivity contribution in [1.29, 1.82) is 0 Å². The number of amides is 1. The van der Waals surface area contributed by atoms with E-state index >= 15 is 0 Å². The summed E-state index contributed by atoms with van der Waals surface area (Å²) in [6, 6.07) is 5.83. The largest absolute Gasteiger partial charge is 0.379 e. The summed E-state index contributed by atoms with van der Waals surface area (Å²) in [4.78, 5) is 11.6. The lowest BCUT2D eigenvalue weighted by Gasteiger charge is -2.17. The third-order valence-corrected chi connectivity index (χ3v) is 3.50. The number of fused-ring (bicyclic) bond motifs is 1. The van der Waals surface area contributed by atoms with Crippen molar-refractivity contribution in [1.82, 2.24) is 20.3 Å². The Bertz CT molecular complexity index is 684. The van der Waals surface area contributed by atoms with Gasteiger partial charge in [0.15, 0.2) is 0 Å². The molecule has 3 rings (SSSR count). The highest BCUT2D eigenvalue weighted by Gasteiger charge is 2.19. The Morgan fingerprint density at radius 1 is 1.38 bits per heavy atom. The Balaban J connectivity index is 1.70. The maximum Gasteiger partial charge on any atom is 0.251 e. The van der Waals surface area contributed by atoms with Gasteiger partial charge in [-0.2, -0.15) is 0 Å². The number of aromatic nitrogens is 3. The van der Waals surface area contributed by atoms with Crippen LogP contribution in [0, 0.1) is 0 Å². The van der Waals surface area contributed by atoms with Gasteiger partial charge in [0.25, 0.3) is 5.91 Å². The van der Waals surface area contributed by atoms with E-state index < -0.39 is 0 Å². The van der Waals surface area contributed by atoms with Gasteiger partial charge in [0.1, 0.15) is 5.69 Å². The van der Waals surface area contributed by atoms with Gasteiger partial charge in [-0.1, -0.05) is 11.3 Å². The van der Waals surface area contributed by atoms with Crippen LogP contribution in [0.2, 0.25) is 0 Å². The first kappa shape index (κ1) is 13.6. The van der Waals surface area contributed by atoms with Crippen LogP contribution in [-0.2, 0) is 18.6 Å². The van der Waals surface area contributed by atoms with E-state index in [1.807, 2.05) is 29.1 Å². The molecule has 110 valence electrons. The second-order valence-electron chi connectivity index (χ2n) is 6.23. The van der Waals surface area contributed by atoms with Gasteiger partial charge in [-0.25, -0.2) is 4.68 Å². The molecule has 0 fully saturated rings. The second-order valence-corrected chi connectivity index (χ2v) is 6.23. The van der Waals surface area contributed by atoms with E-state index in [1.54, 1.807) is 0 Å². The fraction of sp³-hybridized carbons (Fsp3) is 0.400. The summed E-state index contributed by atoms with van der Waals surface area (Å²) in [7, 11) is 0. The lowest BCUT2D eigenvalue weighted by molar-refractivity contribution is 0.0966. The first-order chi connectivity index (χ1) is 9.93. The molecule has 0 spiro atoms. The summed E-state index contributed by atoms with van der Waals surface area (Å²) < 4.78 is 1.85. The molecule has 0 radical (unpaired) electrons. The van der Waals surface area contributed by atoms with E-state index in [4.69, 9.17) is 0 Å². The molecule has 0 unspecified atom stereocenters. The maximum absolute atomic E-state index is 11.6. The number of hydrogen-bond acceptors (Lipinski definition) is 4. The van der Waals surface area contributed by atoms with Crippen LogP contribution >= 0.6 is 0 Å². The second kappa shape index (κ2) is 4.87. The Morgan fingerprint density at radius 2 is 2.19 bits per heavy atom. The standard InChI is InChI=1S/C15H19N5O/c1-15(2,3)20-9-12(18-19-20)8-16-11-5-4-10-7-17-14(21)13(10)6-11/h4-6,9,16H,7-8H2,1-3H3,(H,17,21). The minimum atomic E-state index is -0.0725. The van der Waals surface area contributed by atoms with Crippen LogP contribution < -0.4 is 10.6 Å². The Hall–Kier alpha value is -2.37. The van der Waals surface area contributed by atoms with Crippen LogP contribution in [0.25, 0.3) is 0 Å². The zero-order chi connectivity index (χ0) is 15.0. The predicted octanol–water partition coefficient (Wildman–Crippen LogP) is 1.89. The molecule has 0 bridgehead atoms. The molecule has 21 heavy (non-hydrogen) atoms. The highest BCUT2D eigenvalue weighted by molar-refractivity contribution is 5.99. The fourth-order valence-corrected chi connectivity index (χ4v) is 2.22. The number of benzene rings is 1. The Labute approximate surface area is 123 Å². The monoisotopic (exact) mass is 285 g/mol. The van der Waals surface area contributed by atoms with Gasteiger partial charge in [0.05, 0.1) is 18.3 Å². The van der Waals surface area contributed by atoms with Crippen molar-refractivity contribution in [3.05, 3.63) is 41.2 Å². The van der Waals surface area contributed by atoms with E-state index in [-0.39, 0.29) is 11.4 Å². The van der Waals surface area contributed by atoms with Crippen LogP contribution in [-0.4, -0.2) is 20.9 Å². The van der Waals surface area contributed by atoms with Crippen molar-refractivity contribution >= 4 is 11.6 Å². The number of hydrogen-bond donors (Lipinski definition) is 2. The summed E-state index contributed by atoms with van der Waals surface area (Å²) in [5.41, 5.74) is 3.50. The lowest BCUT2D eigenvalue weighted by atomic mass is 10.1. The average molecular weight is 285 g/mol. The van der Waals surface area contributed by atoms with Gasteiger partial charge in [-0.15, -0.1) is 5.10 Å². The first-order valence-electron chi connectivity index (χ1n) is 7.00. The summed E-state index contributed by atoms with van der Waals surface area (Å²) in [5, 5.41) is 14.4. The van der Waals surface area contributed by atoms with Crippen LogP contribution in [0.1, 0.15) is 42.4 Å². The van der Waals surface area contributed by atoms with E-state index in [0.29, 0.717) is 13.1 Å². The van der Waals surface area contributed by atoms with E-state index in [9.17, 15) is 4.79 Å². The molecule has 1 aliphatic rings. The van der Waals surface area contributed by atoms with Crippen molar-refractivity contribution in [2.75, 3.05) is 5.32 Å². The Kier molecular flexibility index (Phi) is 3.16. The number of nitrogens with one attached hydrogen (secondary N) is 2. The molecule has 1 amide bonds. The highest BCUT2D eigenvalue weighted by Crippen LogP contribution is 2.20. The SMILES string of the molecule is CC(C)(C)n1cc(CNc2ccc3c(c2)C(=O)NC3)nn1. The molecule has 2 heterocycles. The third-order valence-electron chi connectivity index (χ3n) is 3.50. The number of rotatable bonds is 3. The minimum absolute atomic E-state index is 0.00710. The fourth-order valence-electron chi connectivity index (χ4n) is 2.22. The van der Waals surface area contributed by atoms with Gasteiger partial charge in [-0.3, -0.25) is 4.79 Å². The number of carbonyl (C=O) groups excluding carboxylic acids is 1. The van der Waals surface area contributed by atoms with Crippen molar-refractivity contribution in [2.45, 2.75) is 39.4 Å². The third kappa shape index (κ3) is 2.74. The average Bonchev–Trinajstić information content (AvgIpc) is 3.04. The topological polar surface area (TPSA) is 71.8 Å². The summed E-state index contributed by atoms with van der Waals surface area (Å²) in [6.07, 6.45) is 1.94. The molecular formula is C15H19N5O. The van der Waals surface area contributed by atoms with Gasteiger partial charge < -0.3 is 10.6 Å². The van der Waals surface area contributed by atoms with E-state index in [1.165, 1.54) is 0 Å². The molecular weight excluding hydrogens is 266 g/mol. The van der Waals surface area contributed by atoms with E-state index in [0.717, 1.165) is 22.5 Å². The van der Waals surface area contributed by atoms with Gasteiger partial charge in [0.2, 0.25) is 0 Å². The van der Waals surface area contributed by atoms with Gasteiger partial charge >= 0.3 is 0 Å². The molecule has 1 aromatic carbocycles. The maximum atomic E-state index is 11.6. The van der Waals surface area contributed by atoms with E-state index in [2.05, 4.69) is 41.7 Å². The summed E-state index contributed by atoms with van der Waals surface area (Å²) in [6.45, 7) is 7.44. The van der Waals surface area contributed by atoms with Crippen LogP contribution in [0.4, 0.5) is 5.69 Å². The van der Waals surface area contributed by atoms with Crippen molar-refractivity contribution < 1.29 is 4.79 Å². The predicted molar refractivity (Wildman–Crippen MR) is 80.0 cm³/mol. The molecule has 0 atom stereocenters. The molecule has 2 aromatic rings. The van der Waals surface area contributed by atoms with Crippen LogP contribution in [0.5, 0.6) is 0 Å². The minimum Gasteiger partial charge on any atom is -0.379 e. The van der Waals surface area contributed by atoms with Crippen molar-refractivity contribution in [3.63, 3.8) is 0 Å². The molecule has 2 N–H and O–H groups in total. The summed E-state index contributed by atoms with van der Waals surface area (Å²) in [5.74, 6) is -0.00710. The van der Waals surface area contributed by atoms with Gasteiger partial charge in [-0.05, 0) is 38.5 Å². The molecule has 0 aliphatic carbocycles. The highest BCUT2D eigenvalue weighted by atomic mass is 16.1. The quantitative estimate of drug-likeness (QED) is 0.903. The van der Waals surface area contributed by atoms with Crippen molar-refractivity contribution in [3.8, 4) is 0 Å². The molecule has 1 aromatic heterocycles.